The van der Waals surface area contributed by atoms with Crippen molar-refractivity contribution >= 4 is 21.8 Å². The summed E-state index contributed by atoms with van der Waals surface area (Å²) in [5.41, 5.74) is 9.71. The van der Waals surface area contributed by atoms with E-state index < -0.39 is 0 Å². The molecule has 0 fully saturated rings. The molecular weight excluding hydrogens is 332 g/mol. The van der Waals surface area contributed by atoms with Gasteiger partial charge in [0.25, 0.3) is 0 Å². The topological polar surface area (TPSA) is 67.8 Å². The average molecular weight is 349 g/mol. The van der Waals surface area contributed by atoms with Gasteiger partial charge in [-0.15, -0.1) is 0 Å². The molecule has 2 aromatic carbocycles. The largest absolute Gasteiger partial charge is 0.488 e. The number of benzene rings is 2. The number of rotatable bonds is 4. The third-order valence-electron chi connectivity index (χ3n) is 3.00. The van der Waals surface area contributed by atoms with Crippen molar-refractivity contribution in [2.75, 3.05) is 0 Å². The van der Waals surface area contributed by atoms with Gasteiger partial charge >= 0.3 is 0 Å². The molecule has 2 aromatic rings. The minimum Gasteiger partial charge on any atom is -0.488 e. The maximum absolute atomic E-state index is 8.85. The lowest BCUT2D eigenvalue weighted by atomic mass is 10.1. The van der Waals surface area contributed by atoms with Crippen molar-refractivity contribution < 1.29 is 9.94 Å². The molecule has 0 atom stereocenters. The van der Waals surface area contributed by atoms with Crippen LogP contribution in [-0.4, -0.2) is 11.0 Å². The Morgan fingerprint density at radius 1 is 1.19 bits per heavy atom. The van der Waals surface area contributed by atoms with E-state index in [2.05, 4.69) is 53.1 Å². The number of halogens is 1. The zero-order valence-corrected chi connectivity index (χ0v) is 13.5. The van der Waals surface area contributed by atoms with Crippen LogP contribution in [0.3, 0.4) is 0 Å². The van der Waals surface area contributed by atoms with Crippen molar-refractivity contribution in [3.8, 4) is 5.75 Å². The Morgan fingerprint density at radius 2 is 1.86 bits per heavy atom. The summed E-state index contributed by atoms with van der Waals surface area (Å²) in [6.45, 7) is 4.53. The first-order valence-electron chi connectivity index (χ1n) is 6.47. The third-order valence-corrected chi connectivity index (χ3v) is 3.49. The second-order valence-electron chi connectivity index (χ2n) is 4.91. The molecule has 0 radical (unpaired) electrons. The van der Waals surface area contributed by atoms with Crippen LogP contribution in [0.4, 0.5) is 0 Å². The first-order chi connectivity index (χ1) is 9.99. The Hall–Kier alpha value is -2.01. The third kappa shape index (κ3) is 3.98. The number of oxime groups is 1. The lowest BCUT2D eigenvalue weighted by molar-refractivity contribution is 0.303. The maximum Gasteiger partial charge on any atom is 0.173 e. The second-order valence-corrected chi connectivity index (χ2v) is 5.83. The van der Waals surface area contributed by atoms with Gasteiger partial charge in [-0.05, 0) is 37.6 Å². The summed E-state index contributed by atoms with van der Waals surface area (Å²) >= 11 is 3.36. The highest BCUT2D eigenvalue weighted by atomic mass is 79.9. The molecule has 0 saturated heterocycles. The van der Waals surface area contributed by atoms with E-state index in [1.165, 1.54) is 11.1 Å². The number of hydrogen-bond donors (Lipinski definition) is 2. The SMILES string of the molecule is Cc1cc(C)cc(COc2ccc(Br)cc2/C(N)=N/O)c1. The van der Waals surface area contributed by atoms with Gasteiger partial charge in [0.15, 0.2) is 5.84 Å². The van der Waals surface area contributed by atoms with Gasteiger partial charge in [-0.1, -0.05) is 50.4 Å². The summed E-state index contributed by atoms with van der Waals surface area (Å²) in [5, 5.41) is 11.9. The minimum atomic E-state index is 0.0201. The van der Waals surface area contributed by atoms with Crippen molar-refractivity contribution in [2.24, 2.45) is 10.9 Å². The molecule has 0 amide bonds. The molecule has 21 heavy (non-hydrogen) atoms. The van der Waals surface area contributed by atoms with E-state index in [9.17, 15) is 0 Å². The average Bonchev–Trinajstić information content (AvgIpc) is 2.44. The first-order valence-corrected chi connectivity index (χ1v) is 7.26. The molecule has 4 nitrogen and oxygen atoms in total. The van der Waals surface area contributed by atoms with E-state index in [4.69, 9.17) is 15.7 Å². The molecule has 0 bridgehead atoms. The van der Waals surface area contributed by atoms with E-state index >= 15 is 0 Å². The number of ether oxygens (including phenoxy) is 1. The Morgan fingerprint density at radius 3 is 2.48 bits per heavy atom. The van der Waals surface area contributed by atoms with Crippen LogP contribution in [0.1, 0.15) is 22.3 Å². The molecule has 110 valence electrons. The molecule has 0 unspecified atom stereocenters. The molecule has 0 aliphatic heterocycles. The van der Waals surface area contributed by atoms with Crippen LogP contribution in [0.25, 0.3) is 0 Å². The van der Waals surface area contributed by atoms with Gasteiger partial charge in [0.05, 0.1) is 5.56 Å². The lowest BCUT2D eigenvalue weighted by Gasteiger charge is -2.12. The molecule has 0 aliphatic rings. The van der Waals surface area contributed by atoms with Gasteiger partial charge < -0.3 is 15.7 Å². The number of nitrogens with zero attached hydrogens (tertiary/aromatic N) is 1. The van der Waals surface area contributed by atoms with E-state index in [-0.39, 0.29) is 5.84 Å². The maximum atomic E-state index is 8.85. The van der Waals surface area contributed by atoms with Crippen LogP contribution in [0.5, 0.6) is 5.75 Å². The van der Waals surface area contributed by atoms with E-state index in [0.717, 1.165) is 10.0 Å². The smallest absolute Gasteiger partial charge is 0.173 e. The predicted octanol–water partition coefficient (Wildman–Crippen LogP) is 3.74. The summed E-state index contributed by atoms with van der Waals surface area (Å²) in [4.78, 5) is 0. The van der Waals surface area contributed by atoms with Crippen molar-refractivity contribution in [3.05, 3.63) is 63.1 Å². The zero-order chi connectivity index (χ0) is 15.4. The number of hydrogen-bond acceptors (Lipinski definition) is 3. The van der Waals surface area contributed by atoms with Crippen LogP contribution >= 0.6 is 15.9 Å². The Kier molecular flexibility index (Phi) is 4.85. The fourth-order valence-electron chi connectivity index (χ4n) is 2.20. The Labute approximate surface area is 132 Å². The number of amidine groups is 1. The van der Waals surface area contributed by atoms with Crippen molar-refractivity contribution in [1.82, 2.24) is 0 Å². The van der Waals surface area contributed by atoms with Gasteiger partial charge in [-0.2, -0.15) is 0 Å². The molecule has 0 aliphatic carbocycles. The molecule has 0 aromatic heterocycles. The Balaban J connectivity index is 2.23. The van der Waals surface area contributed by atoms with Gasteiger partial charge in [0.2, 0.25) is 0 Å². The highest BCUT2D eigenvalue weighted by Crippen LogP contribution is 2.24. The molecule has 0 heterocycles. The van der Waals surface area contributed by atoms with Crippen molar-refractivity contribution in [1.29, 1.82) is 0 Å². The molecular formula is C16H17BrN2O2. The molecule has 2 rings (SSSR count). The van der Waals surface area contributed by atoms with Crippen LogP contribution < -0.4 is 10.5 Å². The van der Waals surface area contributed by atoms with Crippen LogP contribution in [-0.2, 0) is 6.61 Å². The van der Waals surface area contributed by atoms with Crippen LogP contribution in [0.2, 0.25) is 0 Å². The summed E-state index contributed by atoms with van der Waals surface area (Å²) in [5.74, 6) is 0.597. The fourth-order valence-corrected chi connectivity index (χ4v) is 2.56. The van der Waals surface area contributed by atoms with Gasteiger partial charge in [0, 0.05) is 4.47 Å². The molecule has 5 heteroatoms. The van der Waals surface area contributed by atoms with Gasteiger partial charge in [0.1, 0.15) is 12.4 Å². The number of nitrogens with two attached hydrogens (primary N) is 1. The standard InChI is InChI=1S/C16H17BrN2O2/c1-10-5-11(2)7-12(6-10)9-21-15-4-3-13(17)8-14(15)16(18)19-20/h3-8,20H,9H2,1-2H3,(H2,18,19). The van der Waals surface area contributed by atoms with Crippen molar-refractivity contribution in [3.63, 3.8) is 0 Å². The highest BCUT2D eigenvalue weighted by Gasteiger charge is 2.09. The van der Waals surface area contributed by atoms with Crippen LogP contribution in [0, 0.1) is 13.8 Å². The van der Waals surface area contributed by atoms with E-state index in [0.29, 0.717) is 17.9 Å². The first kappa shape index (κ1) is 15.4. The minimum absolute atomic E-state index is 0.0201. The second kappa shape index (κ2) is 6.63. The van der Waals surface area contributed by atoms with Gasteiger partial charge in [-0.25, -0.2) is 0 Å². The quantitative estimate of drug-likeness (QED) is 0.382. The molecule has 0 spiro atoms. The summed E-state index contributed by atoms with van der Waals surface area (Å²) in [6.07, 6.45) is 0. The highest BCUT2D eigenvalue weighted by molar-refractivity contribution is 9.10. The fraction of sp³-hybridized carbons (Fsp3) is 0.188. The van der Waals surface area contributed by atoms with E-state index in [1.807, 2.05) is 6.07 Å². The molecule has 0 saturated carbocycles. The summed E-state index contributed by atoms with van der Waals surface area (Å²) in [6, 6.07) is 11.7. The van der Waals surface area contributed by atoms with Crippen LogP contribution in [0.15, 0.2) is 46.0 Å². The van der Waals surface area contributed by atoms with Gasteiger partial charge in [-0.3, -0.25) is 0 Å². The zero-order valence-electron chi connectivity index (χ0n) is 11.9. The monoisotopic (exact) mass is 348 g/mol. The molecule has 3 N–H and O–H groups in total. The van der Waals surface area contributed by atoms with E-state index in [1.54, 1.807) is 12.1 Å². The summed E-state index contributed by atoms with van der Waals surface area (Å²) < 4.78 is 6.65. The predicted molar refractivity (Wildman–Crippen MR) is 86.9 cm³/mol. The Bertz CT molecular complexity index is 664. The summed E-state index contributed by atoms with van der Waals surface area (Å²) in [7, 11) is 0. The number of aryl methyl sites for hydroxylation is 2. The normalized spacial score (nSPS) is 11.5. The lowest BCUT2D eigenvalue weighted by Crippen LogP contribution is -2.15. The van der Waals surface area contributed by atoms with Crippen molar-refractivity contribution in [2.45, 2.75) is 20.5 Å².